The summed E-state index contributed by atoms with van der Waals surface area (Å²) in [6.07, 6.45) is -6.17. The highest BCUT2D eigenvalue weighted by molar-refractivity contribution is 6.22. The van der Waals surface area contributed by atoms with Crippen molar-refractivity contribution in [1.29, 1.82) is 0 Å². The molecule has 0 radical (unpaired) electrons. The van der Waals surface area contributed by atoms with E-state index in [1.165, 1.54) is 0 Å². The number of anilines is 1. The number of aliphatic hydroxyl groups is 3. The van der Waals surface area contributed by atoms with Gasteiger partial charge in [0.1, 0.15) is 42.1 Å². The highest BCUT2D eigenvalue weighted by Crippen LogP contribution is 2.48. The second kappa shape index (κ2) is 12.2. The maximum atomic E-state index is 14.1. The van der Waals surface area contributed by atoms with Crippen molar-refractivity contribution in [2.75, 3.05) is 38.7 Å². The van der Waals surface area contributed by atoms with Crippen LogP contribution < -0.4 is 14.4 Å². The molecule has 3 aromatic carbocycles. The predicted octanol–water partition coefficient (Wildman–Crippen LogP) is 3.84. The number of rotatable bonds is 8. The molecule has 1 saturated heterocycles. The van der Waals surface area contributed by atoms with Gasteiger partial charge in [-0.25, -0.2) is 0 Å². The first kappa shape index (κ1) is 30.6. The predicted molar refractivity (Wildman–Crippen MR) is 169 cm³/mol. The Morgan fingerprint density at radius 3 is 2.57 bits per heavy atom. The van der Waals surface area contributed by atoms with Gasteiger partial charge in [0.05, 0.1) is 11.8 Å². The summed E-state index contributed by atoms with van der Waals surface area (Å²) in [5.74, 6) is 0.729. The van der Waals surface area contributed by atoms with E-state index in [2.05, 4.69) is 4.98 Å². The van der Waals surface area contributed by atoms with Crippen LogP contribution >= 0.6 is 11.6 Å². The minimum atomic E-state index is -1.48. The molecule has 0 aliphatic carbocycles. The van der Waals surface area contributed by atoms with Crippen molar-refractivity contribution in [2.45, 2.75) is 55.8 Å². The molecule has 1 aromatic heterocycles. The Morgan fingerprint density at radius 1 is 1.09 bits per heavy atom. The molecule has 3 heterocycles. The molecule has 0 unspecified atom stereocenters. The van der Waals surface area contributed by atoms with Crippen molar-refractivity contribution in [3.63, 3.8) is 0 Å². The zero-order chi connectivity index (χ0) is 31.3. The summed E-state index contributed by atoms with van der Waals surface area (Å²) in [5.41, 5.74) is 2.82. The zero-order valence-electron chi connectivity index (χ0n) is 25.1. The van der Waals surface area contributed by atoms with E-state index in [1.54, 1.807) is 17.9 Å². The number of H-pyrrole nitrogens is 1. The molecule has 1 amide bonds. The average molecular weight is 624 g/mol. The summed E-state index contributed by atoms with van der Waals surface area (Å²) in [7, 11) is 3.98. The quantitative estimate of drug-likeness (QED) is 0.218. The van der Waals surface area contributed by atoms with Crippen molar-refractivity contribution in [2.24, 2.45) is 0 Å². The van der Waals surface area contributed by atoms with E-state index >= 15 is 0 Å². The number of amides is 1. The van der Waals surface area contributed by atoms with Gasteiger partial charge in [0.15, 0.2) is 0 Å². The molecule has 0 saturated carbocycles. The monoisotopic (exact) mass is 623 g/mol. The normalized spacial score (nSPS) is 25.9. The molecule has 0 bridgehead atoms. The first-order valence-electron chi connectivity index (χ1n) is 14.8. The fourth-order valence-electron chi connectivity index (χ4n) is 6.06. The summed E-state index contributed by atoms with van der Waals surface area (Å²) in [6.45, 7) is 5.23. The van der Waals surface area contributed by atoms with Crippen LogP contribution in [0, 0.1) is 0 Å². The largest absolute Gasteiger partial charge is 0.492 e. The number of ether oxygens (including phenoxy) is 3. The van der Waals surface area contributed by atoms with Crippen molar-refractivity contribution in [1.82, 2.24) is 9.88 Å². The Kier molecular flexibility index (Phi) is 8.49. The number of aromatic amines is 1. The van der Waals surface area contributed by atoms with Crippen LogP contribution in [0.1, 0.15) is 35.8 Å². The van der Waals surface area contributed by atoms with E-state index in [1.807, 2.05) is 74.4 Å². The standard InChI is InChI=1S/C33H38ClN3O7/c1-17(34)23-16-37(32(41)25-14-19-13-20(9-10-24(19)35-25)42-12-11-36(3)4)26-15-27(21-7-5-6-8-22(21)28(23)26)44-33-31(40)30(39)29(38)18(2)43-33/h5-10,13-15,17-18,23,29-31,33,35,38-40H,11-12,16H2,1-4H3/t17-,18+,23+,29-,30-,31+,33+/m1/s1. The summed E-state index contributed by atoms with van der Waals surface area (Å²) >= 11 is 6.73. The SMILES string of the molecule is C[C@@H]1O[C@@H](Oc2cc3c(c4ccccc24)[C@H]([C@@H](C)Cl)CN3C(=O)c2cc3cc(OCCN(C)C)ccc3[nH]2)[C@@H](O)[C@H](O)[C@@H]1O. The number of nitrogens with one attached hydrogen (secondary N) is 1. The number of nitrogens with zero attached hydrogens (tertiary/aromatic N) is 2. The highest BCUT2D eigenvalue weighted by atomic mass is 35.5. The van der Waals surface area contributed by atoms with Gasteiger partial charge in [-0.15, -0.1) is 11.6 Å². The second-order valence-corrected chi connectivity index (χ2v) is 12.6. The number of aliphatic hydroxyl groups excluding tert-OH is 3. The van der Waals surface area contributed by atoms with Gasteiger partial charge in [0.2, 0.25) is 6.29 Å². The molecular weight excluding hydrogens is 586 g/mol. The third-order valence-corrected chi connectivity index (χ3v) is 8.85. The first-order valence-corrected chi connectivity index (χ1v) is 15.2. The maximum absolute atomic E-state index is 14.1. The Morgan fingerprint density at radius 2 is 1.84 bits per heavy atom. The molecule has 7 atom stereocenters. The number of aromatic nitrogens is 1. The lowest BCUT2D eigenvalue weighted by Gasteiger charge is -2.39. The molecule has 11 heteroatoms. The van der Waals surface area contributed by atoms with E-state index < -0.39 is 30.7 Å². The number of carbonyl (C=O) groups excluding carboxylic acids is 1. The molecule has 234 valence electrons. The zero-order valence-corrected chi connectivity index (χ0v) is 25.9. The molecule has 1 fully saturated rings. The molecule has 6 rings (SSSR count). The lowest BCUT2D eigenvalue weighted by molar-refractivity contribution is -0.267. The third kappa shape index (κ3) is 5.62. The summed E-state index contributed by atoms with van der Waals surface area (Å²) < 4.78 is 17.8. The molecule has 44 heavy (non-hydrogen) atoms. The van der Waals surface area contributed by atoms with Crippen LogP contribution in [0.4, 0.5) is 5.69 Å². The third-order valence-electron chi connectivity index (χ3n) is 8.55. The Bertz CT molecular complexity index is 1670. The molecular formula is C33H38ClN3O7. The van der Waals surface area contributed by atoms with Crippen LogP contribution in [-0.2, 0) is 4.74 Å². The maximum Gasteiger partial charge on any atom is 0.274 e. The van der Waals surface area contributed by atoms with Crippen molar-refractivity contribution in [3.05, 3.63) is 65.9 Å². The van der Waals surface area contributed by atoms with Crippen LogP contribution in [0.15, 0.2) is 54.6 Å². The number of fused-ring (bicyclic) bond motifs is 4. The Hall–Kier alpha value is -3.38. The molecule has 4 aromatic rings. The fourth-order valence-corrected chi connectivity index (χ4v) is 6.26. The molecule has 4 N–H and O–H groups in total. The number of carbonyl (C=O) groups is 1. The lowest BCUT2D eigenvalue weighted by atomic mass is 9.92. The number of hydrogen-bond acceptors (Lipinski definition) is 8. The van der Waals surface area contributed by atoms with Crippen LogP contribution in [-0.4, -0.2) is 101 Å². The van der Waals surface area contributed by atoms with E-state index in [0.717, 1.165) is 39.5 Å². The second-order valence-electron chi connectivity index (χ2n) is 11.9. The van der Waals surface area contributed by atoms with Gasteiger partial charge in [-0.05, 0) is 63.2 Å². The average Bonchev–Trinajstić information content (AvgIpc) is 3.60. The van der Waals surface area contributed by atoms with Crippen LogP contribution in [0.3, 0.4) is 0 Å². The van der Waals surface area contributed by atoms with Gasteiger partial charge >= 0.3 is 0 Å². The summed E-state index contributed by atoms with van der Waals surface area (Å²) in [6, 6.07) is 16.9. The number of halogens is 1. The molecule has 0 spiro atoms. The Labute approximate surface area is 260 Å². The van der Waals surface area contributed by atoms with Crippen LogP contribution in [0.5, 0.6) is 11.5 Å². The Balaban J connectivity index is 1.36. The van der Waals surface area contributed by atoms with Crippen LogP contribution in [0.25, 0.3) is 21.7 Å². The summed E-state index contributed by atoms with van der Waals surface area (Å²) in [5, 5.41) is 33.4. The van der Waals surface area contributed by atoms with Gasteiger partial charge in [0, 0.05) is 46.7 Å². The minimum absolute atomic E-state index is 0.149. The van der Waals surface area contributed by atoms with E-state index in [4.69, 9.17) is 25.8 Å². The van der Waals surface area contributed by atoms with Crippen molar-refractivity contribution >= 4 is 44.9 Å². The number of hydrogen-bond donors (Lipinski definition) is 4. The van der Waals surface area contributed by atoms with Crippen molar-refractivity contribution in [3.8, 4) is 11.5 Å². The van der Waals surface area contributed by atoms with E-state index in [-0.39, 0.29) is 17.2 Å². The highest BCUT2D eigenvalue weighted by Gasteiger charge is 2.44. The molecule has 2 aliphatic rings. The minimum Gasteiger partial charge on any atom is -0.492 e. The van der Waals surface area contributed by atoms with Gasteiger partial charge in [0.25, 0.3) is 5.91 Å². The number of likely N-dealkylation sites (N-methyl/N-ethyl adjacent to an activating group) is 1. The van der Waals surface area contributed by atoms with E-state index in [9.17, 15) is 20.1 Å². The van der Waals surface area contributed by atoms with Gasteiger partial charge < -0.3 is 44.3 Å². The topological polar surface area (TPSA) is 128 Å². The first-order chi connectivity index (χ1) is 21.0. The van der Waals surface area contributed by atoms with Gasteiger partial charge in [-0.3, -0.25) is 4.79 Å². The fraction of sp³-hybridized carbons (Fsp3) is 0.424. The van der Waals surface area contributed by atoms with E-state index in [0.29, 0.717) is 30.3 Å². The number of alkyl halides is 1. The van der Waals surface area contributed by atoms with Gasteiger partial charge in [-0.1, -0.05) is 24.3 Å². The smallest absolute Gasteiger partial charge is 0.274 e. The molecule has 10 nitrogen and oxygen atoms in total. The number of benzene rings is 3. The van der Waals surface area contributed by atoms with Crippen molar-refractivity contribution < 1.29 is 34.3 Å². The van der Waals surface area contributed by atoms with Gasteiger partial charge in [-0.2, -0.15) is 0 Å². The lowest BCUT2D eigenvalue weighted by Crippen LogP contribution is -2.58. The van der Waals surface area contributed by atoms with Crippen LogP contribution in [0.2, 0.25) is 0 Å². The summed E-state index contributed by atoms with van der Waals surface area (Å²) in [4.78, 5) is 21.2. The molecule has 2 aliphatic heterocycles.